The van der Waals surface area contributed by atoms with Crippen molar-refractivity contribution in [1.29, 1.82) is 0 Å². The Balaban J connectivity index is 1.91. The van der Waals surface area contributed by atoms with Gasteiger partial charge in [0.2, 0.25) is 0 Å². The maximum Gasteiger partial charge on any atom is 0.119 e. The molecular weight excluding hydrogens is 254 g/mol. The fraction of sp³-hybridized carbons (Fsp3) is 0.538. The summed E-state index contributed by atoms with van der Waals surface area (Å²) < 4.78 is 16.1. The summed E-state index contributed by atoms with van der Waals surface area (Å²) in [4.78, 5) is 0. The third kappa shape index (κ3) is 7.50. The number of rotatable bonds is 10. The molecule has 0 aromatic heterocycles. The van der Waals surface area contributed by atoms with Crippen LogP contribution in [0.3, 0.4) is 0 Å². The highest BCUT2D eigenvalue weighted by Gasteiger charge is 1.94. The Morgan fingerprint density at radius 2 is 1.56 bits per heavy atom. The number of ether oxygens (including phenoxy) is 3. The van der Waals surface area contributed by atoms with Crippen molar-refractivity contribution in [2.24, 2.45) is 5.73 Å². The van der Waals surface area contributed by atoms with Crippen LogP contribution in [0.25, 0.3) is 0 Å². The van der Waals surface area contributed by atoms with E-state index in [4.69, 9.17) is 31.5 Å². The third-order valence-corrected chi connectivity index (χ3v) is 2.40. The van der Waals surface area contributed by atoms with Crippen molar-refractivity contribution in [2.45, 2.75) is 6.42 Å². The molecule has 0 aliphatic rings. The van der Waals surface area contributed by atoms with Crippen molar-refractivity contribution < 1.29 is 14.2 Å². The normalized spacial score (nSPS) is 10.6. The minimum atomic E-state index is 0.551. The molecule has 1 rings (SSSR count). The first-order chi connectivity index (χ1) is 8.83. The molecule has 0 bridgehead atoms. The highest BCUT2D eigenvalue weighted by atomic mass is 35.5. The zero-order chi connectivity index (χ0) is 13.1. The highest BCUT2D eigenvalue weighted by Crippen LogP contribution is 2.15. The summed E-state index contributed by atoms with van der Waals surface area (Å²) in [7, 11) is 0. The number of benzene rings is 1. The molecule has 0 aliphatic heterocycles. The summed E-state index contributed by atoms with van der Waals surface area (Å²) >= 11 is 5.77. The Morgan fingerprint density at radius 3 is 2.22 bits per heavy atom. The van der Waals surface area contributed by atoms with Gasteiger partial charge in [-0.15, -0.1) is 0 Å². The van der Waals surface area contributed by atoms with E-state index < -0.39 is 0 Å². The van der Waals surface area contributed by atoms with E-state index in [0.29, 0.717) is 44.6 Å². The molecule has 0 fully saturated rings. The van der Waals surface area contributed by atoms with Crippen LogP contribution in [0, 0.1) is 0 Å². The topological polar surface area (TPSA) is 53.7 Å². The monoisotopic (exact) mass is 273 g/mol. The smallest absolute Gasteiger partial charge is 0.119 e. The Kier molecular flexibility index (Phi) is 8.59. The standard InChI is InChI=1S/C13H20ClNO3/c14-12-2-4-13(5-3-12)18-8-1-7-16-10-11-17-9-6-15/h2-5H,1,6-11,15H2. The van der Waals surface area contributed by atoms with E-state index in [1.807, 2.05) is 24.3 Å². The molecular formula is C13H20ClNO3. The van der Waals surface area contributed by atoms with E-state index in [-0.39, 0.29) is 0 Å². The first kappa shape index (κ1) is 15.2. The van der Waals surface area contributed by atoms with Gasteiger partial charge in [-0.25, -0.2) is 0 Å². The summed E-state index contributed by atoms with van der Waals surface area (Å²) in [6.45, 7) is 3.62. The van der Waals surface area contributed by atoms with Gasteiger partial charge in [0.1, 0.15) is 5.75 Å². The minimum Gasteiger partial charge on any atom is -0.494 e. The van der Waals surface area contributed by atoms with E-state index in [2.05, 4.69) is 0 Å². The second kappa shape index (κ2) is 10.1. The average molecular weight is 274 g/mol. The molecule has 1 aromatic rings. The van der Waals surface area contributed by atoms with Gasteiger partial charge in [-0.3, -0.25) is 0 Å². The largest absolute Gasteiger partial charge is 0.494 e. The van der Waals surface area contributed by atoms with Crippen LogP contribution < -0.4 is 10.5 Å². The van der Waals surface area contributed by atoms with Crippen LogP contribution in [0.4, 0.5) is 0 Å². The van der Waals surface area contributed by atoms with Crippen LogP contribution in [0.5, 0.6) is 5.75 Å². The van der Waals surface area contributed by atoms with Crippen LogP contribution in [0.1, 0.15) is 6.42 Å². The summed E-state index contributed by atoms with van der Waals surface area (Å²) in [6, 6.07) is 7.32. The lowest BCUT2D eigenvalue weighted by atomic mass is 10.3. The molecule has 0 radical (unpaired) electrons. The number of hydrogen-bond acceptors (Lipinski definition) is 4. The molecule has 0 spiro atoms. The third-order valence-electron chi connectivity index (χ3n) is 2.15. The quantitative estimate of drug-likeness (QED) is 0.664. The van der Waals surface area contributed by atoms with Crippen molar-refractivity contribution >= 4 is 11.6 Å². The fourth-order valence-electron chi connectivity index (χ4n) is 1.29. The first-order valence-corrected chi connectivity index (χ1v) is 6.44. The van der Waals surface area contributed by atoms with E-state index >= 15 is 0 Å². The molecule has 0 saturated carbocycles. The maximum atomic E-state index is 5.77. The van der Waals surface area contributed by atoms with Crippen LogP contribution in [0.15, 0.2) is 24.3 Å². The molecule has 4 nitrogen and oxygen atoms in total. The van der Waals surface area contributed by atoms with Crippen molar-refractivity contribution in [1.82, 2.24) is 0 Å². The van der Waals surface area contributed by atoms with Crippen molar-refractivity contribution in [3.8, 4) is 5.75 Å². The number of halogens is 1. The predicted octanol–water partition coefficient (Wildman–Crippen LogP) is 2.10. The molecule has 1 aromatic carbocycles. The van der Waals surface area contributed by atoms with Gasteiger partial charge in [0.25, 0.3) is 0 Å². The predicted molar refractivity (Wildman–Crippen MR) is 72.3 cm³/mol. The van der Waals surface area contributed by atoms with Crippen molar-refractivity contribution in [3.63, 3.8) is 0 Å². The summed E-state index contributed by atoms with van der Waals surface area (Å²) in [5, 5.41) is 0.711. The van der Waals surface area contributed by atoms with E-state index in [9.17, 15) is 0 Å². The minimum absolute atomic E-state index is 0.551. The van der Waals surface area contributed by atoms with Gasteiger partial charge in [0, 0.05) is 24.6 Å². The highest BCUT2D eigenvalue weighted by molar-refractivity contribution is 6.30. The lowest BCUT2D eigenvalue weighted by Crippen LogP contribution is -2.12. The molecule has 0 amide bonds. The molecule has 0 atom stereocenters. The van der Waals surface area contributed by atoms with E-state index in [1.165, 1.54) is 0 Å². The van der Waals surface area contributed by atoms with Crippen LogP contribution in [0.2, 0.25) is 5.02 Å². The Morgan fingerprint density at radius 1 is 0.889 bits per heavy atom. The SMILES string of the molecule is NCCOCCOCCCOc1ccc(Cl)cc1. The van der Waals surface area contributed by atoms with Crippen LogP contribution >= 0.6 is 11.6 Å². The van der Waals surface area contributed by atoms with Gasteiger partial charge in [0.15, 0.2) is 0 Å². The molecule has 0 saturated heterocycles. The summed E-state index contributed by atoms with van der Waals surface area (Å²) in [5.74, 6) is 0.825. The lowest BCUT2D eigenvalue weighted by Gasteiger charge is -2.07. The van der Waals surface area contributed by atoms with E-state index in [0.717, 1.165) is 12.2 Å². The molecule has 0 aliphatic carbocycles. The molecule has 5 heteroatoms. The summed E-state index contributed by atoms with van der Waals surface area (Å²) in [5.41, 5.74) is 5.28. The molecule has 18 heavy (non-hydrogen) atoms. The van der Waals surface area contributed by atoms with Gasteiger partial charge < -0.3 is 19.9 Å². The molecule has 102 valence electrons. The van der Waals surface area contributed by atoms with Crippen LogP contribution in [-0.2, 0) is 9.47 Å². The average Bonchev–Trinajstić information content (AvgIpc) is 2.39. The van der Waals surface area contributed by atoms with Gasteiger partial charge in [-0.1, -0.05) is 11.6 Å². The molecule has 0 heterocycles. The van der Waals surface area contributed by atoms with Gasteiger partial charge in [-0.05, 0) is 24.3 Å². The van der Waals surface area contributed by atoms with Crippen molar-refractivity contribution in [2.75, 3.05) is 39.6 Å². The number of nitrogens with two attached hydrogens (primary N) is 1. The lowest BCUT2D eigenvalue weighted by molar-refractivity contribution is 0.0463. The van der Waals surface area contributed by atoms with Gasteiger partial charge in [0.05, 0.1) is 26.4 Å². The maximum absolute atomic E-state index is 5.77. The fourth-order valence-corrected chi connectivity index (χ4v) is 1.41. The number of hydrogen-bond donors (Lipinski definition) is 1. The Hall–Kier alpha value is -0.810. The van der Waals surface area contributed by atoms with E-state index in [1.54, 1.807) is 0 Å². The summed E-state index contributed by atoms with van der Waals surface area (Å²) in [6.07, 6.45) is 0.847. The zero-order valence-electron chi connectivity index (χ0n) is 10.4. The second-order valence-electron chi connectivity index (χ2n) is 3.67. The second-order valence-corrected chi connectivity index (χ2v) is 4.11. The van der Waals surface area contributed by atoms with Crippen molar-refractivity contribution in [3.05, 3.63) is 29.3 Å². The Labute approximate surface area is 113 Å². The van der Waals surface area contributed by atoms with Crippen LogP contribution in [-0.4, -0.2) is 39.6 Å². The molecule has 0 unspecified atom stereocenters. The zero-order valence-corrected chi connectivity index (χ0v) is 11.2. The molecule has 2 N–H and O–H groups in total. The first-order valence-electron chi connectivity index (χ1n) is 6.07. The van der Waals surface area contributed by atoms with Gasteiger partial charge in [-0.2, -0.15) is 0 Å². The Bertz CT molecular complexity index is 306. The van der Waals surface area contributed by atoms with Gasteiger partial charge >= 0.3 is 0 Å².